The van der Waals surface area contributed by atoms with Gasteiger partial charge in [-0.15, -0.1) is 0 Å². The molecule has 4 aromatic rings. The van der Waals surface area contributed by atoms with Crippen molar-refractivity contribution in [3.63, 3.8) is 0 Å². The molecule has 0 bridgehead atoms. The molecule has 0 N–H and O–H groups in total. The van der Waals surface area contributed by atoms with E-state index in [0.29, 0.717) is 0 Å². The molecule has 29 heavy (non-hydrogen) atoms. The predicted molar refractivity (Wildman–Crippen MR) is 111 cm³/mol. The van der Waals surface area contributed by atoms with Crippen LogP contribution in [-0.4, -0.2) is 0 Å². The molecule has 1 heterocycles. The summed E-state index contributed by atoms with van der Waals surface area (Å²) < 4.78 is 6.84. The number of ether oxygens (including phenoxy) is 1. The molecule has 0 aliphatic carbocycles. The smallest absolute Gasteiger partial charge is 1.00 e. The van der Waals surface area contributed by atoms with E-state index >= 15 is 0 Å². The van der Waals surface area contributed by atoms with Crippen LogP contribution >= 0.6 is 0 Å². The van der Waals surface area contributed by atoms with Gasteiger partial charge in [0.15, 0.2) is 11.2 Å². The fourth-order valence-corrected chi connectivity index (χ4v) is 4.28. The molecular weight excluding hydrogens is 374 g/mol. The second-order valence-corrected chi connectivity index (χ2v) is 6.93. The van der Waals surface area contributed by atoms with E-state index < -0.39 is 11.2 Å². The molecule has 5 rings (SSSR count). The van der Waals surface area contributed by atoms with Crippen molar-refractivity contribution < 1.29 is 66.7 Å². The second-order valence-electron chi connectivity index (χ2n) is 6.93. The van der Waals surface area contributed by atoms with Gasteiger partial charge < -0.3 is 7.59 Å². The molecule has 0 saturated carbocycles. The zero-order chi connectivity index (χ0) is 18.2. The van der Waals surface area contributed by atoms with Crippen LogP contribution < -0.4 is 59.1 Å². The van der Waals surface area contributed by atoms with Gasteiger partial charge in [-0.1, -0.05) is 121 Å². The van der Waals surface area contributed by atoms with E-state index in [0.717, 1.165) is 0 Å². The van der Waals surface area contributed by atoms with Gasteiger partial charge in [-0.05, 0) is 22.3 Å². The normalized spacial score (nSPS) is 15.4. The summed E-state index contributed by atoms with van der Waals surface area (Å²) in [5.41, 5.74) is 3.59. The average Bonchev–Trinajstić information content (AvgIpc) is 3.49. The summed E-state index contributed by atoms with van der Waals surface area (Å²) >= 11 is 0. The number of hydrogen-bond acceptors (Lipinski definition) is 1. The zero-order valence-electron chi connectivity index (χ0n) is 19.0. The van der Waals surface area contributed by atoms with Crippen LogP contribution in [0.15, 0.2) is 121 Å². The Labute approximate surface area is 219 Å². The Kier molecular flexibility index (Phi) is 7.24. The van der Waals surface area contributed by atoms with Gasteiger partial charge >= 0.3 is 59.1 Å². The largest absolute Gasteiger partial charge is 1.00 e. The van der Waals surface area contributed by atoms with Gasteiger partial charge in [0.25, 0.3) is 0 Å². The molecule has 1 nitrogen and oxygen atoms in total. The summed E-state index contributed by atoms with van der Waals surface area (Å²) in [6, 6.07) is 42.2. The predicted octanol–water partition coefficient (Wildman–Crippen LogP) is 0.137. The molecule has 134 valence electrons. The Morgan fingerprint density at radius 2 is 0.586 bits per heavy atom. The minimum absolute atomic E-state index is 0. The summed E-state index contributed by atoms with van der Waals surface area (Å²) in [6.45, 7) is 0. The average molecular weight is 396 g/mol. The summed E-state index contributed by atoms with van der Waals surface area (Å²) in [5.74, 6) is 0. The Morgan fingerprint density at radius 1 is 0.379 bits per heavy atom. The molecule has 1 aliphatic heterocycles. The fourth-order valence-electron chi connectivity index (χ4n) is 4.28. The molecule has 0 radical (unpaired) electrons. The number of rotatable bonds is 4. The Hall–Kier alpha value is -1.16. The van der Waals surface area contributed by atoms with Crippen molar-refractivity contribution in [2.24, 2.45) is 0 Å². The van der Waals surface area contributed by atoms with Gasteiger partial charge in [-0.2, -0.15) is 0 Å². The Bertz CT molecular complexity index is 880. The summed E-state index contributed by atoms with van der Waals surface area (Å²) in [4.78, 5) is 0. The third kappa shape index (κ3) is 3.60. The van der Waals surface area contributed by atoms with Crippen molar-refractivity contribution in [3.8, 4) is 0 Å². The SMILES string of the molecule is [H-].[H-].[Na+].[Na+].c1ccc(C2(c3ccccc3)OC2(c2ccccc2)c2ccccc2)cc1. The van der Waals surface area contributed by atoms with E-state index in [9.17, 15) is 0 Å². The Balaban J connectivity index is 0.00000120. The minimum Gasteiger partial charge on any atom is -1.00 e. The van der Waals surface area contributed by atoms with Gasteiger partial charge in [-0.3, -0.25) is 0 Å². The summed E-state index contributed by atoms with van der Waals surface area (Å²) in [6.07, 6.45) is 0. The maximum Gasteiger partial charge on any atom is 1.00 e. The topological polar surface area (TPSA) is 12.5 Å². The van der Waals surface area contributed by atoms with Crippen molar-refractivity contribution in [3.05, 3.63) is 144 Å². The molecule has 1 aliphatic rings. The first kappa shape index (κ1) is 22.5. The maximum atomic E-state index is 6.84. The first-order valence-corrected chi connectivity index (χ1v) is 9.30. The first-order chi connectivity index (χ1) is 13.4. The van der Waals surface area contributed by atoms with E-state index in [1.807, 2.05) is 0 Å². The van der Waals surface area contributed by atoms with Crippen LogP contribution in [0.1, 0.15) is 25.1 Å². The van der Waals surface area contributed by atoms with E-state index in [2.05, 4.69) is 121 Å². The van der Waals surface area contributed by atoms with Crippen LogP contribution in [0.25, 0.3) is 0 Å². The van der Waals surface area contributed by atoms with Crippen LogP contribution in [-0.2, 0) is 15.9 Å². The molecule has 1 fully saturated rings. The van der Waals surface area contributed by atoms with E-state index in [4.69, 9.17) is 4.74 Å². The van der Waals surface area contributed by atoms with Gasteiger partial charge in [-0.25, -0.2) is 0 Å². The van der Waals surface area contributed by atoms with Crippen molar-refractivity contribution in [2.75, 3.05) is 0 Å². The number of benzene rings is 4. The fraction of sp³-hybridized carbons (Fsp3) is 0.0769. The molecule has 0 amide bonds. The molecule has 0 spiro atoms. The van der Waals surface area contributed by atoms with Crippen molar-refractivity contribution in [2.45, 2.75) is 11.2 Å². The van der Waals surface area contributed by atoms with Crippen molar-refractivity contribution >= 4 is 0 Å². The van der Waals surface area contributed by atoms with Crippen LogP contribution in [0.3, 0.4) is 0 Å². The first-order valence-electron chi connectivity index (χ1n) is 9.30. The number of hydrogen-bond donors (Lipinski definition) is 0. The standard InChI is InChI=1S/C26H20O.2Na.2H/c1-5-13-21(14-6-1)25(22-15-7-2-8-16-22)26(27-25,23-17-9-3-10-18-23)24-19-11-4-12-20-24;;;;/h1-20H;;;;/q;2*+1;2*-1. The van der Waals surface area contributed by atoms with E-state index in [-0.39, 0.29) is 62.0 Å². The third-order valence-corrected chi connectivity index (χ3v) is 5.48. The van der Waals surface area contributed by atoms with Gasteiger partial charge in [0, 0.05) is 0 Å². The second kappa shape index (κ2) is 9.32. The van der Waals surface area contributed by atoms with E-state index in [1.54, 1.807) is 0 Å². The van der Waals surface area contributed by atoms with Crippen LogP contribution in [0.2, 0.25) is 0 Å². The number of epoxide rings is 1. The monoisotopic (exact) mass is 396 g/mol. The molecule has 0 atom stereocenters. The van der Waals surface area contributed by atoms with Crippen LogP contribution in [0.4, 0.5) is 0 Å². The Morgan fingerprint density at radius 3 is 0.793 bits per heavy atom. The molecule has 4 aromatic carbocycles. The third-order valence-electron chi connectivity index (χ3n) is 5.48. The molecule has 1 saturated heterocycles. The molecule has 0 unspecified atom stereocenters. The summed E-state index contributed by atoms with van der Waals surface area (Å²) in [5, 5.41) is 0. The van der Waals surface area contributed by atoms with Gasteiger partial charge in [0.2, 0.25) is 0 Å². The quantitative estimate of drug-likeness (QED) is 0.353. The zero-order valence-corrected chi connectivity index (χ0v) is 21.0. The maximum absolute atomic E-state index is 6.84. The van der Waals surface area contributed by atoms with Crippen LogP contribution in [0, 0.1) is 0 Å². The molecule has 0 aromatic heterocycles. The summed E-state index contributed by atoms with van der Waals surface area (Å²) in [7, 11) is 0. The van der Waals surface area contributed by atoms with Crippen molar-refractivity contribution in [1.29, 1.82) is 0 Å². The van der Waals surface area contributed by atoms with Crippen LogP contribution in [0.5, 0.6) is 0 Å². The van der Waals surface area contributed by atoms with Crippen molar-refractivity contribution in [1.82, 2.24) is 0 Å². The molecule has 3 heteroatoms. The van der Waals surface area contributed by atoms with Gasteiger partial charge in [0.1, 0.15) is 0 Å². The van der Waals surface area contributed by atoms with E-state index in [1.165, 1.54) is 22.3 Å². The molecular formula is C26H22Na2O. The minimum atomic E-state index is -0.543. The van der Waals surface area contributed by atoms with Gasteiger partial charge in [0.05, 0.1) is 0 Å².